The summed E-state index contributed by atoms with van der Waals surface area (Å²) in [5, 5.41) is 13.6. The summed E-state index contributed by atoms with van der Waals surface area (Å²) < 4.78 is 10.4. The Labute approximate surface area is 90.9 Å². The van der Waals surface area contributed by atoms with Crippen molar-refractivity contribution in [3.05, 3.63) is 0 Å². The van der Waals surface area contributed by atoms with Gasteiger partial charge in [-0.2, -0.15) is 0 Å². The molecule has 2 N–H and O–H groups in total. The number of aliphatic hydroxyl groups is 1. The summed E-state index contributed by atoms with van der Waals surface area (Å²) in [6.45, 7) is 2.06. The predicted molar refractivity (Wildman–Crippen MR) is 56.8 cm³/mol. The molecule has 0 bridgehead atoms. The third-order valence-electron chi connectivity index (χ3n) is 3.57. The largest absolute Gasteiger partial charge is 0.388 e. The van der Waals surface area contributed by atoms with E-state index in [0.29, 0.717) is 31.9 Å². The molecule has 0 radical (unpaired) electrons. The molecule has 2 fully saturated rings. The first-order valence-electron chi connectivity index (χ1n) is 5.78. The maximum Gasteiger partial charge on any atom is 0.0815 e. The van der Waals surface area contributed by atoms with Crippen molar-refractivity contribution in [3.8, 4) is 0 Å². The Hall–Kier alpha value is -0.160. The smallest absolute Gasteiger partial charge is 0.0815 e. The molecule has 1 saturated heterocycles. The minimum atomic E-state index is -0.545. The second-order valence-electron chi connectivity index (χ2n) is 4.74. The van der Waals surface area contributed by atoms with Gasteiger partial charge in [0, 0.05) is 45.8 Å². The molecule has 0 spiro atoms. The molecule has 1 heterocycles. The van der Waals surface area contributed by atoms with Crippen LogP contribution in [-0.4, -0.2) is 49.7 Å². The molecule has 4 heteroatoms. The van der Waals surface area contributed by atoms with E-state index in [4.69, 9.17) is 9.47 Å². The molecule has 4 nitrogen and oxygen atoms in total. The minimum Gasteiger partial charge on any atom is -0.388 e. The number of nitrogens with one attached hydrogen (secondary N) is 1. The van der Waals surface area contributed by atoms with Gasteiger partial charge >= 0.3 is 0 Å². The van der Waals surface area contributed by atoms with Crippen LogP contribution < -0.4 is 5.32 Å². The molecule has 1 aliphatic carbocycles. The summed E-state index contributed by atoms with van der Waals surface area (Å²) in [6, 6.07) is 0.529. The van der Waals surface area contributed by atoms with Gasteiger partial charge in [0.15, 0.2) is 0 Å². The van der Waals surface area contributed by atoms with E-state index in [1.54, 1.807) is 7.11 Å². The lowest BCUT2D eigenvalue weighted by atomic mass is 9.87. The second kappa shape index (κ2) is 4.78. The summed E-state index contributed by atoms with van der Waals surface area (Å²) >= 11 is 0. The molecule has 15 heavy (non-hydrogen) atoms. The Kier molecular flexibility index (Phi) is 3.61. The van der Waals surface area contributed by atoms with E-state index in [0.717, 1.165) is 25.7 Å². The Balaban J connectivity index is 1.65. The van der Waals surface area contributed by atoms with Crippen LogP contribution in [0.15, 0.2) is 0 Å². The molecule has 0 unspecified atom stereocenters. The third kappa shape index (κ3) is 2.91. The molecule has 2 aliphatic rings. The maximum absolute atomic E-state index is 10.2. The van der Waals surface area contributed by atoms with Crippen molar-refractivity contribution in [2.75, 3.05) is 26.9 Å². The zero-order chi connectivity index (χ0) is 10.7. The van der Waals surface area contributed by atoms with Crippen molar-refractivity contribution in [3.63, 3.8) is 0 Å². The highest BCUT2D eigenvalue weighted by Gasteiger charge is 2.33. The number of hydrogen-bond acceptors (Lipinski definition) is 4. The van der Waals surface area contributed by atoms with E-state index >= 15 is 0 Å². The summed E-state index contributed by atoms with van der Waals surface area (Å²) in [5.74, 6) is 0. The van der Waals surface area contributed by atoms with Crippen LogP contribution in [0.3, 0.4) is 0 Å². The van der Waals surface area contributed by atoms with Crippen molar-refractivity contribution in [2.45, 2.75) is 43.4 Å². The van der Waals surface area contributed by atoms with Crippen LogP contribution in [-0.2, 0) is 9.47 Å². The highest BCUT2D eigenvalue weighted by atomic mass is 16.5. The summed E-state index contributed by atoms with van der Waals surface area (Å²) in [4.78, 5) is 0. The second-order valence-corrected chi connectivity index (χ2v) is 4.74. The highest BCUT2D eigenvalue weighted by Crippen LogP contribution is 2.25. The van der Waals surface area contributed by atoms with E-state index in [-0.39, 0.29) is 0 Å². The van der Waals surface area contributed by atoms with E-state index in [1.807, 2.05) is 0 Å². The van der Waals surface area contributed by atoms with Gasteiger partial charge in [-0.15, -0.1) is 0 Å². The van der Waals surface area contributed by atoms with Gasteiger partial charge in [-0.3, -0.25) is 0 Å². The Morgan fingerprint density at radius 1 is 1.40 bits per heavy atom. The summed E-state index contributed by atoms with van der Waals surface area (Å²) in [5.41, 5.74) is -0.545. The molecule has 0 amide bonds. The Morgan fingerprint density at radius 2 is 2.07 bits per heavy atom. The van der Waals surface area contributed by atoms with Crippen LogP contribution >= 0.6 is 0 Å². The van der Waals surface area contributed by atoms with Gasteiger partial charge in [0.1, 0.15) is 0 Å². The Morgan fingerprint density at radius 3 is 2.67 bits per heavy atom. The van der Waals surface area contributed by atoms with Gasteiger partial charge in [-0.05, 0) is 12.8 Å². The fourth-order valence-corrected chi connectivity index (χ4v) is 2.19. The van der Waals surface area contributed by atoms with Gasteiger partial charge in [-0.1, -0.05) is 0 Å². The molecule has 88 valence electrons. The van der Waals surface area contributed by atoms with E-state index in [1.165, 1.54) is 0 Å². The highest BCUT2D eigenvalue weighted by molar-refractivity contribution is 4.90. The lowest BCUT2D eigenvalue weighted by Gasteiger charge is -2.39. The molecular weight excluding hydrogens is 194 g/mol. The average molecular weight is 215 g/mol. The summed E-state index contributed by atoms with van der Waals surface area (Å²) in [7, 11) is 1.76. The third-order valence-corrected chi connectivity index (χ3v) is 3.57. The normalized spacial score (nSPS) is 34.8. The van der Waals surface area contributed by atoms with Crippen molar-refractivity contribution in [1.82, 2.24) is 5.32 Å². The fourth-order valence-electron chi connectivity index (χ4n) is 2.19. The molecule has 0 aromatic rings. The minimum absolute atomic E-state index is 0.423. The molecule has 0 aromatic carbocycles. The van der Waals surface area contributed by atoms with Crippen LogP contribution in [0.1, 0.15) is 25.7 Å². The standard InChI is InChI=1S/C11H21NO3/c1-14-10-6-9(7-10)12-8-11(13)2-4-15-5-3-11/h9-10,12-13H,2-8H2,1H3. The molecule has 0 aromatic heterocycles. The van der Waals surface area contributed by atoms with Crippen molar-refractivity contribution < 1.29 is 14.6 Å². The van der Waals surface area contributed by atoms with Gasteiger partial charge in [0.05, 0.1) is 11.7 Å². The molecule has 0 atom stereocenters. The number of rotatable bonds is 4. The Bertz CT molecular complexity index is 198. The average Bonchev–Trinajstić information content (AvgIpc) is 2.17. The van der Waals surface area contributed by atoms with Crippen LogP contribution in [0.4, 0.5) is 0 Å². The van der Waals surface area contributed by atoms with Crippen molar-refractivity contribution in [2.24, 2.45) is 0 Å². The molecule has 1 saturated carbocycles. The molecule has 1 aliphatic heterocycles. The molecular formula is C11H21NO3. The SMILES string of the molecule is COC1CC(NCC2(O)CCOCC2)C1. The predicted octanol–water partition coefficient (Wildman–Crippen LogP) is 0.295. The topological polar surface area (TPSA) is 50.7 Å². The first kappa shape index (κ1) is 11.3. The monoisotopic (exact) mass is 215 g/mol. The molecule has 2 rings (SSSR count). The van der Waals surface area contributed by atoms with Gasteiger partial charge in [0.2, 0.25) is 0 Å². The van der Waals surface area contributed by atoms with Gasteiger partial charge in [0.25, 0.3) is 0 Å². The first-order chi connectivity index (χ1) is 7.22. The van der Waals surface area contributed by atoms with E-state index in [9.17, 15) is 5.11 Å². The lowest BCUT2D eigenvalue weighted by molar-refractivity contribution is -0.0678. The number of hydrogen-bond donors (Lipinski definition) is 2. The number of methoxy groups -OCH3 is 1. The first-order valence-corrected chi connectivity index (χ1v) is 5.78. The van der Waals surface area contributed by atoms with E-state index < -0.39 is 5.60 Å². The number of ether oxygens (including phenoxy) is 2. The van der Waals surface area contributed by atoms with Crippen LogP contribution in [0.2, 0.25) is 0 Å². The quantitative estimate of drug-likeness (QED) is 0.708. The van der Waals surface area contributed by atoms with Crippen molar-refractivity contribution >= 4 is 0 Å². The van der Waals surface area contributed by atoms with Crippen LogP contribution in [0, 0.1) is 0 Å². The van der Waals surface area contributed by atoms with E-state index in [2.05, 4.69) is 5.32 Å². The maximum atomic E-state index is 10.2. The fraction of sp³-hybridized carbons (Fsp3) is 1.00. The zero-order valence-corrected chi connectivity index (χ0v) is 9.37. The van der Waals surface area contributed by atoms with Crippen LogP contribution in [0.25, 0.3) is 0 Å². The van der Waals surface area contributed by atoms with Gasteiger partial charge < -0.3 is 19.9 Å². The van der Waals surface area contributed by atoms with Crippen molar-refractivity contribution in [1.29, 1.82) is 0 Å². The van der Waals surface area contributed by atoms with Gasteiger partial charge in [-0.25, -0.2) is 0 Å². The summed E-state index contributed by atoms with van der Waals surface area (Å²) in [6.07, 6.45) is 4.07. The lowest BCUT2D eigenvalue weighted by Crippen LogP contribution is -2.52. The van der Waals surface area contributed by atoms with Crippen LogP contribution in [0.5, 0.6) is 0 Å². The zero-order valence-electron chi connectivity index (χ0n) is 9.37.